The van der Waals surface area contributed by atoms with Crippen molar-refractivity contribution in [3.05, 3.63) is 108 Å². The van der Waals surface area contributed by atoms with Crippen LogP contribution in [0.15, 0.2) is 91.1 Å². The number of fused-ring (bicyclic) bond motifs is 1. The van der Waals surface area contributed by atoms with Crippen molar-refractivity contribution < 1.29 is 17.4 Å². The van der Waals surface area contributed by atoms with E-state index < -0.39 is 13.2 Å². The second-order valence-corrected chi connectivity index (χ2v) is 15.8. The second-order valence-electron chi connectivity index (χ2n) is 15.8. The number of carbonyl (C=O) groups excluding carboxylic acids is 1. The largest absolute Gasteiger partial charge is 0.507 e. The van der Waals surface area contributed by atoms with Crippen LogP contribution in [0.2, 0.25) is 0 Å². The Kier molecular flexibility index (Phi) is 9.89. The molecule has 4 N–H and O–H groups in total. The number of nitrogens with zero attached hydrogens (tertiary/aromatic N) is 7. The molecule has 0 spiro atoms. The van der Waals surface area contributed by atoms with Crippen LogP contribution >= 0.6 is 0 Å². The number of aryl methyl sites for hydroxylation is 1. The fraction of sp³-hybridized carbons (Fsp3) is 0.400. The number of para-hydroxylation sites is 1. The number of ether oxygens (including phenoxy) is 1. The summed E-state index contributed by atoms with van der Waals surface area (Å²) in [6.45, 7) is 7.38. The standard InChI is InChI=1S/C45H53N9O3/c1-31-26-37-39(53-19-5-18-47-30-53)7-4-8-40(37)54(31)35-16-20-50(21-17-35)28-32-14-22-51(23-15-32)45(56)34-12-10-33(11-13-34)43-29-52(24-25-57-43)41-27-38(48-49-44(41)46)36-6-2-3-9-42(36)55/h2-13,19,26-27,32,35,43,47,55H,14-18,20-25,28-30H2,1H3,(H2,46,49)/i18D,30D/t18?,30-,43?/m0/s1. The minimum Gasteiger partial charge on any atom is -0.507 e. The fourth-order valence-corrected chi connectivity index (χ4v) is 9.19. The predicted molar refractivity (Wildman–Crippen MR) is 225 cm³/mol. The van der Waals surface area contributed by atoms with Gasteiger partial charge in [-0.05, 0) is 92.6 Å². The van der Waals surface area contributed by atoms with Crippen LogP contribution in [0.25, 0.3) is 22.2 Å². The van der Waals surface area contributed by atoms with Gasteiger partial charge in [-0.15, -0.1) is 10.2 Å². The number of phenols is 1. The number of nitrogens with one attached hydrogen (secondary N) is 1. The first-order chi connectivity index (χ1) is 28.7. The lowest BCUT2D eigenvalue weighted by molar-refractivity contribution is 0.0398. The van der Waals surface area contributed by atoms with Crippen molar-refractivity contribution in [2.24, 2.45) is 5.92 Å². The van der Waals surface area contributed by atoms with Crippen LogP contribution in [0.1, 0.15) is 62.2 Å². The summed E-state index contributed by atoms with van der Waals surface area (Å²) in [6, 6.07) is 25.8. The second kappa shape index (κ2) is 16.2. The number of hydrogen-bond donors (Lipinski definition) is 3. The smallest absolute Gasteiger partial charge is 0.253 e. The molecule has 0 bridgehead atoms. The van der Waals surface area contributed by atoms with Gasteiger partial charge in [0.1, 0.15) is 11.9 Å². The summed E-state index contributed by atoms with van der Waals surface area (Å²) in [5, 5.41) is 22.9. The zero-order chi connectivity index (χ0) is 40.6. The summed E-state index contributed by atoms with van der Waals surface area (Å²) in [6.07, 6.45) is 7.64. The molecule has 0 saturated carbocycles. The molecule has 9 rings (SSSR count). The van der Waals surface area contributed by atoms with Gasteiger partial charge in [0.15, 0.2) is 5.82 Å². The van der Waals surface area contributed by atoms with E-state index in [0.717, 1.165) is 80.7 Å². The van der Waals surface area contributed by atoms with Gasteiger partial charge in [-0.25, -0.2) is 0 Å². The number of likely N-dealkylation sites (tertiary alicyclic amines) is 2. The number of aromatic nitrogens is 3. The number of rotatable bonds is 8. The lowest BCUT2D eigenvalue weighted by Crippen LogP contribution is -2.43. The van der Waals surface area contributed by atoms with Crippen LogP contribution in [0.4, 0.5) is 17.2 Å². The maximum Gasteiger partial charge on any atom is 0.253 e. The number of benzene rings is 3. The molecule has 4 aliphatic heterocycles. The van der Waals surface area contributed by atoms with Crippen LogP contribution < -0.4 is 20.9 Å². The number of nitrogens with two attached hydrogens (primary N) is 1. The Labute approximate surface area is 337 Å². The first-order valence-electron chi connectivity index (χ1n) is 21.4. The molecule has 0 radical (unpaired) electrons. The van der Waals surface area contributed by atoms with E-state index in [1.54, 1.807) is 24.3 Å². The van der Waals surface area contributed by atoms with Gasteiger partial charge >= 0.3 is 0 Å². The molecule has 57 heavy (non-hydrogen) atoms. The molecular weight excluding hydrogens is 715 g/mol. The Bertz CT molecular complexity index is 2320. The Morgan fingerprint density at radius 2 is 1.75 bits per heavy atom. The molecule has 3 fully saturated rings. The van der Waals surface area contributed by atoms with E-state index in [0.29, 0.717) is 54.3 Å². The Balaban J connectivity index is 0.764. The molecule has 12 nitrogen and oxygen atoms in total. The molecule has 3 atom stereocenters. The number of nitrogen functional groups attached to an aromatic ring is 1. The van der Waals surface area contributed by atoms with E-state index in [-0.39, 0.29) is 17.8 Å². The Morgan fingerprint density at radius 1 is 0.947 bits per heavy atom. The molecule has 3 saturated heterocycles. The van der Waals surface area contributed by atoms with Gasteiger partial charge in [0.05, 0.1) is 37.2 Å². The predicted octanol–water partition coefficient (Wildman–Crippen LogP) is 6.34. The molecule has 12 heteroatoms. The normalized spacial score (nSPS) is 23.2. The lowest BCUT2D eigenvalue weighted by atomic mass is 9.94. The highest BCUT2D eigenvalue weighted by Gasteiger charge is 2.30. The summed E-state index contributed by atoms with van der Waals surface area (Å²) < 4.78 is 25.2. The van der Waals surface area contributed by atoms with Crippen molar-refractivity contribution in [1.29, 1.82) is 0 Å². The number of aromatic hydroxyl groups is 1. The van der Waals surface area contributed by atoms with Crippen LogP contribution in [0, 0.1) is 12.8 Å². The van der Waals surface area contributed by atoms with E-state index in [9.17, 15) is 9.90 Å². The van der Waals surface area contributed by atoms with E-state index >= 15 is 0 Å². The zero-order valence-electron chi connectivity index (χ0n) is 34.5. The van der Waals surface area contributed by atoms with Gasteiger partial charge in [0.25, 0.3) is 5.91 Å². The average Bonchev–Trinajstić information content (AvgIpc) is 3.60. The lowest BCUT2D eigenvalue weighted by Gasteiger charge is -2.38. The minimum absolute atomic E-state index is 0.0817. The monoisotopic (exact) mass is 769 g/mol. The molecular formula is C45H53N9O3. The molecule has 1 amide bonds. The number of carbonyl (C=O) groups is 1. The van der Waals surface area contributed by atoms with Crippen LogP contribution in [0.3, 0.4) is 0 Å². The van der Waals surface area contributed by atoms with E-state index in [4.69, 9.17) is 13.2 Å². The van der Waals surface area contributed by atoms with Crippen LogP contribution in [-0.4, -0.2) is 101 Å². The van der Waals surface area contributed by atoms with Crippen molar-refractivity contribution in [2.45, 2.75) is 44.8 Å². The fourth-order valence-electron chi connectivity index (χ4n) is 9.19. The summed E-state index contributed by atoms with van der Waals surface area (Å²) >= 11 is 0. The highest BCUT2D eigenvalue weighted by Crippen LogP contribution is 2.37. The molecule has 5 aromatic rings. The Hall–Kier alpha value is -5.43. The van der Waals surface area contributed by atoms with Gasteiger partial charge < -0.3 is 39.7 Å². The molecule has 2 unspecified atom stereocenters. The number of anilines is 3. The maximum absolute atomic E-state index is 13.6. The summed E-state index contributed by atoms with van der Waals surface area (Å²) in [4.78, 5) is 22.3. The first-order valence-corrected chi connectivity index (χ1v) is 20.3. The van der Waals surface area contributed by atoms with Crippen molar-refractivity contribution in [3.8, 4) is 17.0 Å². The SMILES string of the molecule is [2H]C1C=CN(c2cccc3c2cc(C)n3C2CCN(CC3CCN(C(=O)c4ccc(C5CN(c6cc(-c7ccccc7O)nnc6N)CCO5)cc4)CC3)CC2)[C@@H]([2H])N1. The quantitative estimate of drug-likeness (QED) is 0.165. The van der Waals surface area contributed by atoms with Gasteiger partial charge in [-0.1, -0.05) is 36.4 Å². The molecule has 3 aromatic carbocycles. The van der Waals surface area contributed by atoms with Gasteiger partial charge in [0.2, 0.25) is 0 Å². The van der Waals surface area contributed by atoms with Gasteiger partial charge in [-0.3, -0.25) is 10.1 Å². The van der Waals surface area contributed by atoms with Crippen molar-refractivity contribution in [3.63, 3.8) is 0 Å². The first kappa shape index (κ1) is 34.8. The third kappa shape index (κ3) is 7.69. The van der Waals surface area contributed by atoms with Crippen LogP contribution in [0.5, 0.6) is 5.75 Å². The molecule has 6 heterocycles. The average molecular weight is 770 g/mol. The summed E-state index contributed by atoms with van der Waals surface area (Å²) in [7, 11) is 0. The van der Waals surface area contributed by atoms with Crippen LogP contribution in [-0.2, 0) is 4.74 Å². The number of hydrogen-bond acceptors (Lipinski definition) is 10. The molecule has 0 aliphatic carbocycles. The Morgan fingerprint density at radius 3 is 2.54 bits per heavy atom. The number of phenolic OH excluding ortho intramolecular Hbond substituents is 1. The topological polar surface area (TPSA) is 128 Å². The van der Waals surface area contributed by atoms with E-state index in [2.05, 4.69) is 61.1 Å². The summed E-state index contributed by atoms with van der Waals surface area (Å²) in [5.41, 5.74) is 13.3. The number of amides is 1. The summed E-state index contributed by atoms with van der Waals surface area (Å²) in [5.74, 6) is 1.12. The highest BCUT2D eigenvalue weighted by molar-refractivity contribution is 5.95. The van der Waals surface area contributed by atoms with Gasteiger partial charge in [0, 0.05) is 88.2 Å². The third-order valence-corrected chi connectivity index (χ3v) is 12.2. The minimum atomic E-state index is -0.695. The van der Waals surface area contributed by atoms with E-state index in [1.165, 1.54) is 11.2 Å². The van der Waals surface area contributed by atoms with E-state index in [1.807, 2.05) is 52.4 Å². The molecule has 296 valence electrons. The maximum atomic E-state index is 13.6. The van der Waals surface area contributed by atoms with Crippen molar-refractivity contribution in [1.82, 2.24) is 29.9 Å². The highest BCUT2D eigenvalue weighted by atomic mass is 16.5. The molecule has 2 aromatic heterocycles. The van der Waals surface area contributed by atoms with Gasteiger partial charge in [-0.2, -0.15) is 0 Å². The number of morpholine rings is 1. The zero-order valence-corrected chi connectivity index (χ0v) is 32.5. The third-order valence-electron chi connectivity index (χ3n) is 12.2. The van der Waals surface area contributed by atoms with Crippen molar-refractivity contribution in [2.75, 3.05) is 81.1 Å². The number of piperidine rings is 2. The van der Waals surface area contributed by atoms with Crippen molar-refractivity contribution >= 4 is 34.0 Å². The molecule has 4 aliphatic rings.